The Morgan fingerprint density at radius 2 is 1.74 bits per heavy atom. The van der Waals surface area contributed by atoms with E-state index in [1.54, 1.807) is 18.3 Å². The molecule has 0 saturated heterocycles. The van der Waals surface area contributed by atoms with E-state index in [0.717, 1.165) is 5.56 Å². The number of hydrogen-bond acceptors (Lipinski definition) is 5. The second-order valence-corrected chi connectivity index (χ2v) is 5.74. The minimum absolute atomic E-state index is 0.298. The van der Waals surface area contributed by atoms with E-state index in [9.17, 15) is 4.79 Å². The molecule has 0 aliphatic rings. The van der Waals surface area contributed by atoms with Crippen LogP contribution in [0.1, 0.15) is 15.9 Å². The molecule has 140 valence electrons. The molecular formula is C20H21N3O4. The summed E-state index contributed by atoms with van der Waals surface area (Å²) in [5.74, 6) is 0.897. The van der Waals surface area contributed by atoms with Gasteiger partial charge in [0.2, 0.25) is 5.75 Å². The quantitative estimate of drug-likeness (QED) is 0.694. The number of carbonyl (C=O) groups is 1. The molecule has 3 rings (SSSR count). The van der Waals surface area contributed by atoms with Crippen LogP contribution < -0.4 is 19.5 Å². The van der Waals surface area contributed by atoms with E-state index in [1.807, 2.05) is 41.2 Å². The number of methoxy groups -OCH3 is 3. The monoisotopic (exact) mass is 367 g/mol. The maximum Gasteiger partial charge on any atom is 0.259 e. The van der Waals surface area contributed by atoms with Crippen molar-refractivity contribution in [2.24, 2.45) is 0 Å². The van der Waals surface area contributed by atoms with Gasteiger partial charge in [0.25, 0.3) is 5.91 Å². The molecule has 0 bridgehead atoms. The lowest BCUT2D eigenvalue weighted by Crippen LogP contribution is -2.14. The molecule has 27 heavy (non-hydrogen) atoms. The highest BCUT2D eigenvalue weighted by molar-refractivity contribution is 6.07. The Morgan fingerprint density at radius 1 is 1.00 bits per heavy atom. The fourth-order valence-corrected chi connectivity index (χ4v) is 2.75. The van der Waals surface area contributed by atoms with E-state index in [-0.39, 0.29) is 5.91 Å². The predicted octanol–water partition coefficient (Wildman–Crippen LogP) is 3.21. The lowest BCUT2D eigenvalue weighted by Gasteiger charge is -2.15. The molecule has 1 aromatic heterocycles. The SMILES string of the molecule is COc1ccc(C(=O)Nc2ccc(Cn3cccn3)cc2)c(OC)c1OC. The maximum absolute atomic E-state index is 12.7. The van der Waals surface area contributed by atoms with Gasteiger partial charge in [0.05, 0.1) is 33.4 Å². The fourth-order valence-electron chi connectivity index (χ4n) is 2.75. The third-order valence-corrected chi connectivity index (χ3v) is 4.06. The van der Waals surface area contributed by atoms with Gasteiger partial charge in [0.1, 0.15) is 0 Å². The van der Waals surface area contributed by atoms with Crippen LogP contribution in [0, 0.1) is 0 Å². The topological polar surface area (TPSA) is 74.6 Å². The summed E-state index contributed by atoms with van der Waals surface area (Å²) in [6, 6.07) is 12.8. The molecule has 0 spiro atoms. The average molecular weight is 367 g/mol. The first-order valence-electron chi connectivity index (χ1n) is 8.33. The molecule has 1 heterocycles. The molecule has 0 aliphatic heterocycles. The van der Waals surface area contributed by atoms with Crippen molar-refractivity contribution in [3.05, 3.63) is 66.0 Å². The van der Waals surface area contributed by atoms with E-state index >= 15 is 0 Å². The van der Waals surface area contributed by atoms with Crippen LogP contribution in [0.4, 0.5) is 5.69 Å². The van der Waals surface area contributed by atoms with Gasteiger partial charge in [0.15, 0.2) is 11.5 Å². The van der Waals surface area contributed by atoms with E-state index in [0.29, 0.717) is 35.0 Å². The molecule has 7 nitrogen and oxygen atoms in total. The average Bonchev–Trinajstić information content (AvgIpc) is 3.21. The lowest BCUT2D eigenvalue weighted by molar-refractivity contribution is 0.102. The normalized spacial score (nSPS) is 10.3. The van der Waals surface area contributed by atoms with Crippen molar-refractivity contribution in [2.45, 2.75) is 6.54 Å². The summed E-state index contributed by atoms with van der Waals surface area (Å²) in [5, 5.41) is 7.05. The third kappa shape index (κ3) is 4.03. The first-order chi connectivity index (χ1) is 13.2. The van der Waals surface area contributed by atoms with Crippen molar-refractivity contribution in [3.63, 3.8) is 0 Å². The number of ether oxygens (including phenoxy) is 3. The second-order valence-electron chi connectivity index (χ2n) is 5.74. The Labute approximate surface area is 157 Å². The second kappa shape index (κ2) is 8.27. The zero-order chi connectivity index (χ0) is 19.2. The molecule has 0 saturated carbocycles. The van der Waals surface area contributed by atoms with Crippen molar-refractivity contribution < 1.29 is 19.0 Å². The highest BCUT2D eigenvalue weighted by Gasteiger charge is 2.20. The van der Waals surface area contributed by atoms with Gasteiger partial charge in [-0.15, -0.1) is 0 Å². The molecule has 3 aromatic rings. The Bertz CT molecular complexity index is 906. The molecule has 0 aliphatic carbocycles. The van der Waals surface area contributed by atoms with Crippen LogP contribution in [-0.2, 0) is 6.54 Å². The lowest BCUT2D eigenvalue weighted by atomic mass is 10.1. The van der Waals surface area contributed by atoms with Crippen LogP contribution in [0.3, 0.4) is 0 Å². The van der Waals surface area contributed by atoms with E-state index < -0.39 is 0 Å². The van der Waals surface area contributed by atoms with Crippen LogP contribution in [0.2, 0.25) is 0 Å². The van der Waals surface area contributed by atoms with Gasteiger partial charge in [0, 0.05) is 18.1 Å². The Kier molecular flexibility index (Phi) is 5.61. The van der Waals surface area contributed by atoms with E-state index in [2.05, 4.69) is 10.4 Å². The predicted molar refractivity (Wildman–Crippen MR) is 102 cm³/mol. The van der Waals surface area contributed by atoms with Crippen molar-refractivity contribution in [1.29, 1.82) is 0 Å². The number of carbonyl (C=O) groups excluding carboxylic acids is 1. The minimum atomic E-state index is -0.298. The van der Waals surface area contributed by atoms with Crippen LogP contribution in [-0.4, -0.2) is 37.0 Å². The standard InChI is InChI=1S/C20H21N3O4/c1-25-17-10-9-16(18(26-2)19(17)27-3)20(24)22-15-7-5-14(6-8-15)13-23-12-4-11-21-23/h4-12H,13H2,1-3H3,(H,22,24). The Hall–Kier alpha value is -3.48. The third-order valence-electron chi connectivity index (χ3n) is 4.06. The number of hydrogen-bond donors (Lipinski definition) is 1. The van der Waals surface area contributed by atoms with Crippen molar-refractivity contribution in [1.82, 2.24) is 9.78 Å². The molecule has 1 amide bonds. The fraction of sp³-hybridized carbons (Fsp3) is 0.200. The van der Waals surface area contributed by atoms with Gasteiger partial charge < -0.3 is 19.5 Å². The van der Waals surface area contributed by atoms with Gasteiger partial charge in [-0.05, 0) is 35.9 Å². The van der Waals surface area contributed by atoms with Crippen molar-refractivity contribution in [2.75, 3.05) is 26.6 Å². The summed E-state index contributed by atoms with van der Waals surface area (Å²) in [4.78, 5) is 12.7. The summed E-state index contributed by atoms with van der Waals surface area (Å²) >= 11 is 0. The summed E-state index contributed by atoms with van der Waals surface area (Å²) < 4.78 is 17.8. The molecule has 0 atom stereocenters. The van der Waals surface area contributed by atoms with Gasteiger partial charge >= 0.3 is 0 Å². The number of anilines is 1. The first-order valence-corrected chi connectivity index (χ1v) is 8.33. The van der Waals surface area contributed by atoms with Crippen LogP contribution in [0.5, 0.6) is 17.2 Å². The number of nitrogens with zero attached hydrogens (tertiary/aromatic N) is 2. The van der Waals surface area contributed by atoms with Gasteiger partial charge in [-0.25, -0.2) is 0 Å². The zero-order valence-electron chi connectivity index (χ0n) is 15.4. The molecule has 7 heteroatoms. The van der Waals surface area contributed by atoms with E-state index in [1.165, 1.54) is 21.3 Å². The summed E-state index contributed by atoms with van der Waals surface area (Å²) in [6.07, 6.45) is 3.64. The van der Waals surface area contributed by atoms with Gasteiger partial charge in [-0.2, -0.15) is 5.10 Å². The highest BCUT2D eigenvalue weighted by atomic mass is 16.5. The number of aromatic nitrogens is 2. The maximum atomic E-state index is 12.7. The first kappa shape index (κ1) is 18.3. The Balaban J connectivity index is 1.77. The van der Waals surface area contributed by atoms with Crippen molar-refractivity contribution >= 4 is 11.6 Å². The highest BCUT2D eigenvalue weighted by Crippen LogP contribution is 2.39. The molecule has 1 N–H and O–H groups in total. The van der Waals surface area contributed by atoms with E-state index in [4.69, 9.17) is 14.2 Å². The molecule has 0 fully saturated rings. The largest absolute Gasteiger partial charge is 0.493 e. The van der Waals surface area contributed by atoms with Gasteiger partial charge in [-0.3, -0.25) is 9.48 Å². The molecular weight excluding hydrogens is 346 g/mol. The van der Waals surface area contributed by atoms with Crippen LogP contribution >= 0.6 is 0 Å². The summed E-state index contributed by atoms with van der Waals surface area (Å²) in [6.45, 7) is 0.671. The number of rotatable bonds is 7. The molecule has 0 unspecified atom stereocenters. The minimum Gasteiger partial charge on any atom is -0.493 e. The van der Waals surface area contributed by atoms with Crippen molar-refractivity contribution in [3.8, 4) is 17.2 Å². The van der Waals surface area contributed by atoms with Crippen LogP contribution in [0.15, 0.2) is 54.9 Å². The summed E-state index contributed by atoms with van der Waals surface area (Å²) in [5.41, 5.74) is 2.12. The summed E-state index contributed by atoms with van der Waals surface area (Å²) in [7, 11) is 4.51. The zero-order valence-corrected chi connectivity index (χ0v) is 15.4. The van der Waals surface area contributed by atoms with Gasteiger partial charge in [-0.1, -0.05) is 12.1 Å². The molecule has 2 aromatic carbocycles. The Morgan fingerprint density at radius 3 is 2.33 bits per heavy atom. The smallest absolute Gasteiger partial charge is 0.259 e. The number of nitrogens with one attached hydrogen (secondary N) is 1. The molecule has 0 radical (unpaired) electrons. The number of amides is 1. The number of benzene rings is 2. The van der Waals surface area contributed by atoms with Crippen LogP contribution in [0.25, 0.3) is 0 Å².